The number of hydrogen-bond donors (Lipinski definition) is 5. The standard InChI is InChI=1S/C54H59N7O7S/c1-32-50(69-31-56-32)36-18-16-35(17-19-36)42(60-52(65)46-27-38(63)30-61(46)53(66)51(54(3,4)5)57-33(2)62)22-24-68-25-23-55-45-26-37(20-21-47(45)67-6)40-28-44(34-12-8-7-9-13-34)59-49-39-14-10-11-15-43(39)58-48(64)29-41(40)49/h7-21,26,28,31,38,42,46,51,55,63H,22-25,27,29-30H2,1-6H3,(H,57,62)(H,58,64)(H,60,65)/t38-,42+,46+,51-/m1/s1. The SMILES string of the molecule is COc1ccc(-c2cc(-c3ccccc3)nc3c2CC(=O)Nc2ccccc2-3)cc1NCCOCC[C@H](NC(=O)[C@@H]1C[C@@H](O)CN1C(=O)[C@@H](NC(C)=O)C(C)(C)C)c1ccc(-c2scnc2C)cc1. The fraction of sp³-hybridized carbons (Fsp3) is 0.333. The van der Waals surface area contributed by atoms with Crippen LogP contribution in [0.4, 0.5) is 11.4 Å². The van der Waals surface area contributed by atoms with Crippen LogP contribution in [0.25, 0.3) is 44.1 Å². The van der Waals surface area contributed by atoms with Gasteiger partial charge in [-0.15, -0.1) is 11.3 Å². The number of amides is 4. The molecule has 2 aliphatic rings. The second kappa shape index (κ2) is 21.1. The minimum Gasteiger partial charge on any atom is -0.495 e. The summed E-state index contributed by atoms with van der Waals surface area (Å²) in [4.78, 5) is 65.7. The van der Waals surface area contributed by atoms with E-state index in [4.69, 9.17) is 14.5 Å². The van der Waals surface area contributed by atoms with E-state index >= 15 is 0 Å². The number of carbonyl (C=O) groups excluding carboxylic acids is 4. The Morgan fingerprint density at radius 2 is 1.65 bits per heavy atom. The molecule has 0 bridgehead atoms. The molecule has 4 heterocycles. The van der Waals surface area contributed by atoms with E-state index in [0.717, 1.165) is 72.3 Å². The molecule has 0 radical (unpaired) electrons. The maximum Gasteiger partial charge on any atom is 0.246 e. The van der Waals surface area contributed by atoms with E-state index in [1.165, 1.54) is 11.8 Å². The molecular weight excluding hydrogens is 891 g/mol. The summed E-state index contributed by atoms with van der Waals surface area (Å²) in [6, 6.07) is 31.4. The van der Waals surface area contributed by atoms with Crippen LogP contribution in [-0.4, -0.2) is 95.2 Å². The first-order valence-electron chi connectivity index (χ1n) is 23.2. The molecule has 4 aromatic carbocycles. The highest BCUT2D eigenvalue weighted by atomic mass is 32.1. The smallest absolute Gasteiger partial charge is 0.246 e. The van der Waals surface area contributed by atoms with Gasteiger partial charge in [0.1, 0.15) is 17.8 Å². The number of hydrogen-bond acceptors (Lipinski definition) is 11. The summed E-state index contributed by atoms with van der Waals surface area (Å²) in [5.74, 6) is -0.654. The maximum atomic E-state index is 14.2. The van der Waals surface area contributed by atoms with Gasteiger partial charge in [-0.25, -0.2) is 9.97 Å². The molecule has 8 rings (SSSR count). The number of para-hydroxylation sites is 1. The lowest BCUT2D eigenvalue weighted by Crippen LogP contribution is -2.57. The topological polar surface area (TPSA) is 184 Å². The molecule has 15 heteroatoms. The molecule has 0 spiro atoms. The third-order valence-corrected chi connectivity index (χ3v) is 13.6. The Labute approximate surface area is 406 Å². The Morgan fingerprint density at radius 1 is 0.913 bits per heavy atom. The lowest BCUT2D eigenvalue weighted by molar-refractivity contribution is -0.144. The lowest BCUT2D eigenvalue weighted by atomic mass is 9.85. The van der Waals surface area contributed by atoms with E-state index in [1.54, 1.807) is 18.4 Å². The summed E-state index contributed by atoms with van der Waals surface area (Å²) < 4.78 is 12.0. The number of pyridine rings is 1. The number of methoxy groups -OCH3 is 1. The molecule has 0 unspecified atom stereocenters. The molecule has 0 saturated carbocycles. The van der Waals surface area contributed by atoms with Crippen LogP contribution in [0.3, 0.4) is 0 Å². The van der Waals surface area contributed by atoms with Gasteiger partial charge in [0, 0.05) is 44.2 Å². The van der Waals surface area contributed by atoms with Crippen molar-refractivity contribution in [2.75, 3.05) is 44.0 Å². The number of thiazole rings is 1. The summed E-state index contributed by atoms with van der Waals surface area (Å²) in [7, 11) is 1.62. The summed E-state index contributed by atoms with van der Waals surface area (Å²) in [6.45, 7) is 9.90. The van der Waals surface area contributed by atoms with Crippen molar-refractivity contribution in [2.24, 2.45) is 5.41 Å². The normalized spacial score (nSPS) is 16.3. The van der Waals surface area contributed by atoms with Gasteiger partial charge in [-0.05, 0) is 70.8 Å². The van der Waals surface area contributed by atoms with Crippen molar-refractivity contribution in [1.82, 2.24) is 25.5 Å². The number of ether oxygens (including phenoxy) is 2. The van der Waals surface area contributed by atoms with Crippen LogP contribution < -0.4 is 26.0 Å². The molecule has 5 N–H and O–H groups in total. The van der Waals surface area contributed by atoms with Gasteiger partial charge in [0.15, 0.2) is 0 Å². The molecule has 0 aliphatic carbocycles. The molecule has 69 heavy (non-hydrogen) atoms. The zero-order chi connectivity index (χ0) is 48.8. The van der Waals surface area contributed by atoms with Gasteiger partial charge in [0.25, 0.3) is 0 Å². The highest BCUT2D eigenvalue weighted by molar-refractivity contribution is 7.13. The molecule has 1 fully saturated rings. The number of β-amino-alcohol motifs (C(OH)–C–C–N with tert-alkyl or cyclic N) is 1. The van der Waals surface area contributed by atoms with Crippen molar-refractivity contribution in [2.45, 2.75) is 78.1 Å². The van der Waals surface area contributed by atoms with E-state index < -0.39 is 41.5 Å². The van der Waals surface area contributed by atoms with Gasteiger partial charge in [0.2, 0.25) is 23.6 Å². The average Bonchev–Trinajstić information content (AvgIpc) is 3.92. The maximum absolute atomic E-state index is 14.2. The Hall–Kier alpha value is -6.94. The number of carbonyl (C=O) groups is 4. The van der Waals surface area contributed by atoms with Gasteiger partial charge in [-0.3, -0.25) is 19.2 Å². The number of aryl methyl sites for hydroxylation is 1. The molecule has 1 saturated heterocycles. The third-order valence-electron chi connectivity index (χ3n) is 12.6. The van der Waals surface area contributed by atoms with Crippen LogP contribution in [0.1, 0.15) is 63.4 Å². The van der Waals surface area contributed by atoms with Gasteiger partial charge in [0.05, 0.1) is 71.1 Å². The highest BCUT2D eigenvalue weighted by Gasteiger charge is 2.44. The minimum atomic E-state index is -0.941. The van der Waals surface area contributed by atoms with Crippen molar-refractivity contribution in [1.29, 1.82) is 0 Å². The van der Waals surface area contributed by atoms with E-state index in [1.807, 2.05) is 136 Å². The fourth-order valence-corrected chi connectivity index (χ4v) is 9.89. The summed E-state index contributed by atoms with van der Waals surface area (Å²) in [5, 5.41) is 23.3. The van der Waals surface area contributed by atoms with Gasteiger partial charge < -0.3 is 40.7 Å². The summed E-state index contributed by atoms with van der Waals surface area (Å²) >= 11 is 1.56. The number of anilines is 2. The zero-order valence-corrected chi connectivity index (χ0v) is 40.6. The first kappa shape index (κ1) is 48.5. The van der Waals surface area contributed by atoms with Gasteiger partial charge in [-0.1, -0.05) is 99.6 Å². The number of aliphatic hydroxyl groups is 1. The number of aromatic nitrogens is 2. The average molecular weight is 950 g/mol. The molecule has 4 atom stereocenters. The second-order valence-electron chi connectivity index (χ2n) is 18.6. The molecular formula is C54H59N7O7S. The predicted molar refractivity (Wildman–Crippen MR) is 270 cm³/mol. The monoisotopic (exact) mass is 949 g/mol. The van der Waals surface area contributed by atoms with E-state index in [-0.39, 0.29) is 31.2 Å². The van der Waals surface area contributed by atoms with Gasteiger partial charge >= 0.3 is 0 Å². The van der Waals surface area contributed by atoms with Crippen molar-refractivity contribution in [3.63, 3.8) is 0 Å². The lowest BCUT2D eigenvalue weighted by Gasteiger charge is -2.35. The van der Waals surface area contributed by atoms with Crippen LogP contribution in [0.15, 0.2) is 109 Å². The van der Waals surface area contributed by atoms with Gasteiger partial charge in [-0.2, -0.15) is 0 Å². The van der Waals surface area contributed by atoms with Crippen molar-refractivity contribution < 1.29 is 33.8 Å². The number of fused-ring (bicyclic) bond motifs is 3. The molecule has 2 aliphatic heterocycles. The van der Waals surface area contributed by atoms with Crippen molar-refractivity contribution >= 4 is 46.3 Å². The van der Waals surface area contributed by atoms with Crippen LogP contribution in [-0.2, 0) is 30.3 Å². The van der Waals surface area contributed by atoms with Crippen LogP contribution in [0.5, 0.6) is 5.75 Å². The predicted octanol–water partition coefficient (Wildman–Crippen LogP) is 8.21. The Balaban J connectivity index is 0.987. The molecule has 2 aromatic heterocycles. The van der Waals surface area contributed by atoms with E-state index in [2.05, 4.69) is 26.3 Å². The Bertz CT molecular complexity index is 2830. The summed E-state index contributed by atoms with van der Waals surface area (Å²) in [6.07, 6.45) is -0.268. The first-order chi connectivity index (χ1) is 33.2. The van der Waals surface area contributed by atoms with Crippen LogP contribution >= 0.6 is 11.3 Å². The Morgan fingerprint density at radius 3 is 2.36 bits per heavy atom. The van der Waals surface area contributed by atoms with Crippen LogP contribution in [0.2, 0.25) is 0 Å². The van der Waals surface area contributed by atoms with Crippen molar-refractivity contribution in [3.05, 3.63) is 125 Å². The number of benzene rings is 4. The third kappa shape index (κ3) is 11.2. The van der Waals surface area contributed by atoms with E-state index in [0.29, 0.717) is 31.9 Å². The summed E-state index contributed by atoms with van der Waals surface area (Å²) in [5.41, 5.74) is 11.4. The largest absolute Gasteiger partial charge is 0.495 e. The number of nitrogens with zero attached hydrogens (tertiary/aromatic N) is 3. The minimum absolute atomic E-state index is 0.0222. The number of likely N-dealkylation sites (tertiary alicyclic amines) is 1. The molecule has 6 aromatic rings. The molecule has 358 valence electrons. The van der Waals surface area contributed by atoms with Crippen molar-refractivity contribution in [3.8, 4) is 49.8 Å². The van der Waals surface area contributed by atoms with Crippen LogP contribution in [0, 0.1) is 12.3 Å². The molecule has 14 nitrogen and oxygen atoms in total. The quantitative estimate of drug-likeness (QED) is 0.0593. The zero-order valence-electron chi connectivity index (χ0n) is 39.8. The number of aliphatic hydroxyl groups excluding tert-OH is 1. The molecule has 4 amide bonds. The fourth-order valence-electron chi connectivity index (χ4n) is 9.08. The first-order valence-corrected chi connectivity index (χ1v) is 24.1. The van der Waals surface area contributed by atoms with E-state index in [9.17, 15) is 24.3 Å². The second-order valence-corrected chi connectivity index (χ2v) is 19.5. The highest BCUT2D eigenvalue weighted by Crippen LogP contribution is 2.41. The number of rotatable bonds is 16. The number of nitrogens with one attached hydrogen (secondary N) is 4. The Kier molecular flexibility index (Phi) is 14.9.